The summed E-state index contributed by atoms with van der Waals surface area (Å²) < 4.78 is 49.5. The Labute approximate surface area is 191 Å². The number of nitrogens with two attached hydrogens (primary N) is 1. The lowest BCUT2D eigenvalue weighted by Gasteiger charge is -2.16. The van der Waals surface area contributed by atoms with Crippen LogP contribution in [0.1, 0.15) is 16.7 Å². The third kappa shape index (κ3) is 6.96. The number of esters is 1. The standard InChI is InChI=1S/C22H21F3N2O5S/c1-31-20(29)17(26)10-13-4-7-16(9-14(13)11-22(23,24)25)32-15-5-2-12(3-6-15)8-18-19(28)27-21(30)33-18/h2-7,9,17-18H,8,10-11,26H2,1H3,(H,27,28,30). The van der Waals surface area contributed by atoms with Crippen molar-refractivity contribution in [3.63, 3.8) is 0 Å². The monoisotopic (exact) mass is 482 g/mol. The van der Waals surface area contributed by atoms with E-state index in [0.29, 0.717) is 12.2 Å². The van der Waals surface area contributed by atoms with Gasteiger partial charge >= 0.3 is 12.1 Å². The molecule has 2 aromatic carbocycles. The first kappa shape index (κ1) is 24.6. The second-order valence-electron chi connectivity index (χ2n) is 7.39. The molecule has 176 valence electrons. The maximum absolute atomic E-state index is 13.1. The highest BCUT2D eigenvalue weighted by Gasteiger charge is 2.32. The molecule has 11 heteroatoms. The number of thioether (sulfide) groups is 1. The molecule has 0 bridgehead atoms. The van der Waals surface area contributed by atoms with Crippen molar-refractivity contribution in [1.29, 1.82) is 0 Å². The number of imide groups is 1. The molecule has 0 aliphatic carbocycles. The molecule has 1 heterocycles. The number of ether oxygens (including phenoxy) is 2. The van der Waals surface area contributed by atoms with Crippen molar-refractivity contribution in [2.75, 3.05) is 7.11 Å². The highest BCUT2D eigenvalue weighted by Crippen LogP contribution is 2.30. The molecule has 2 aromatic rings. The fourth-order valence-corrected chi connectivity index (χ4v) is 4.15. The van der Waals surface area contributed by atoms with E-state index in [1.165, 1.54) is 18.2 Å². The van der Waals surface area contributed by atoms with Crippen LogP contribution in [0.15, 0.2) is 42.5 Å². The predicted octanol–water partition coefficient (Wildman–Crippen LogP) is 3.52. The molecular weight excluding hydrogens is 461 g/mol. The third-order valence-electron chi connectivity index (χ3n) is 4.86. The highest BCUT2D eigenvalue weighted by molar-refractivity contribution is 8.15. The Balaban J connectivity index is 1.73. The Kier molecular flexibility index (Phi) is 7.65. The summed E-state index contributed by atoms with van der Waals surface area (Å²) in [6.45, 7) is 0. The van der Waals surface area contributed by atoms with Crippen molar-refractivity contribution in [1.82, 2.24) is 5.32 Å². The molecular formula is C22H21F3N2O5S. The minimum atomic E-state index is -4.46. The van der Waals surface area contributed by atoms with Gasteiger partial charge in [0.05, 0.1) is 18.8 Å². The van der Waals surface area contributed by atoms with Crippen molar-refractivity contribution in [2.45, 2.75) is 36.7 Å². The average Bonchev–Trinajstić information content (AvgIpc) is 3.06. The van der Waals surface area contributed by atoms with Crippen LogP contribution in [0.25, 0.3) is 0 Å². The summed E-state index contributed by atoms with van der Waals surface area (Å²) in [5.41, 5.74) is 6.73. The van der Waals surface area contributed by atoms with Crippen molar-refractivity contribution >= 4 is 28.9 Å². The zero-order chi connectivity index (χ0) is 24.2. The normalized spacial score (nSPS) is 16.9. The second-order valence-corrected chi connectivity index (χ2v) is 8.57. The molecule has 1 aliphatic rings. The lowest BCUT2D eigenvalue weighted by atomic mass is 9.98. The minimum absolute atomic E-state index is 0.0510. The molecule has 2 amide bonds. The van der Waals surface area contributed by atoms with E-state index < -0.39 is 29.9 Å². The number of carbonyl (C=O) groups is 3. The van der Waals surface area contributed by atoms with Gasteiger partial charge in [0.1, 0.15) is 17.5 Å². The molecule has 3 rings (SSSR count). The van der Waals surface area contributed by atoms with Crippen molar-refractivity contribution in [3.8, 4) is 11.5 Å². The Morgan fingerprint density at radius 2 is 1.79 bits per heavy atom. The van der Waals surface area contributed by atoms with Crippen molar-refractivity contribution < 1.29 is 37.0 Å². The quantitative estimate of drug-likeness (QED) is 0.555. The molecule has 1 fully saturated rings. The van der Waals surface area contributed by atoms with Crippen LogP contribution in [-0.2, 0) is 33.6 Å². The molecule has 2 atom stereocenters. The first-order valence-electron chi connectivity index (χ1n) is 9.84. The van der Waals surface area contributed by atoms with Gasteiger partial charge in [0, 0.05) is 0 Å². The summed E-state index contributed by atoms with van der Waals surface area (Å²) in [6, 6.07) is 9.80. The fourth-order valence-electron chi connectivity index (χ4n) is 3.29. The largest absolute Gasteiger partial charge is 0.468 e. The number of halogens is 3. The lowest BCUT2D eigenvalue weighted by molar-refractivity contribution is -0.142. The van der Waals surface area contributed by atoms with E-state index >= 15 is 0 Å². The highest BCUT2D eigenvalue weighted by atomic mass is 32.2. The van der Waals surface area contributed by atoms with Crippen LogP contribution in [0.3, 0.4) is 0 Å². The van der Waals surface area contributed by atoms with Gasteiger partial charge in [0.15, 0.2) is 0 Å². The van der Waals surface area contributed by atoms with E-state index in [1.54, 1.807) is 24.3 Å². The van der Waals surface area contributed by atoms with Crippen LogP contribution < -0.4 is 15.8 Å². The zero-order valence-corrected chi connectivity index (χ0v) is 18.3. The molecule has 2 unspecified atom stereocenters. The first-order chi connectivity index (χ1) is 15.5. The minimum Gasteiger partial charge on any atom is -0.468 e. The Morgan fingerprint density at radius 3 is 2.36 bits per heavy atom. The molecule has 0 saturated carbocycles. The van der Waals surface area contributed by atoms with Gasteiger partial charge in [0.2, 0.25) is 5.91 Å². The van der Waals surface area contributed by atoms with Crippen LogP contribution >= 0.6 is 11.8 Å². The van der Waals surface area contributed by atoms with Gasteiger partial charge in [-0.15, -0.1) is 0 Å². The summed E-state index contributed by atoms with van der Waals surface area (Å²) in [7, 11) is 1.15. The van der Waals surface area contributed by atoms with E-state index in [1.807, 2.05) is 0 Å². The van der Waals surface area contributed by atoms with Crippen molar-refractivity contribution in [2.24, 2.45) is 5.73 Å². The molecule has 0 aromatic heterocycles. The maximum Gasteiger partial charge on any atom is 0.393 e. The van der Waals surface area contributed by atoms with Crippen LogP contribution in [0.4, 0.5) is 18.0 Å². The van der Waals surface area contributed by atoms with E-state index in [2.05, 4.69) is 10.1 Å². The summed E-state index contributed by atoms with van der Waals surface area (Å²) in [5, 5.41) is 1.34. The molecule has 7 nitrogen and oxygen atoms in total. The molecule has 0 spiro atoms. The number of methoxy groups -OCH3 is 1. The summed E-state index contributed by atoms with van der Waals surface area (Å²) >= 11 is 0.929. The molecule has 1 aliphatic heterocycles. The lowest BCUT2D eigenvalue weighted by Crippen LogP contribution is -2.34. The maximum atomic E-state index is 13.1. The summed E-state index contributed by atoms with van der Waals surface area (Å²) in [6.07, 6.45) is -5.42. The fraction of sp³-hybridized carbons (Fsp3) is 0.318. The first-order valence-corrected chi connectivity index (χ1v) is 10.7. The van der Waals surface area contributed by atoms with Gasteiger partial charge < -0.3 is 15.2 Å². The molecule has 1 saturated heterocycles. The van der Waals surface area contributed by atoms with E-state index in [9.17, 15) is 27.6 Å². The predicted molar refractivity (Wildman–Crippen MR) is 115 cm³/mol. The summed E-state index contributed by atoms with van der Waals surface area (Å²) in [4.78, 5) is 34.5. The van der Waals surface area contributed by atoms with Crippen LogP contribution in [-0.4, -0.2) is 41.7 Å². The molecule has 0 radical (unpaired) electrons. The molecule has 3 N–H and O–H groups in total. The molecule has 33 heavy (non-hydrogen) atoms. The Bertz CT molecular complexity index is 1040. The summed E-state index contributed by atoms with van der Waals surface area (Å²) in [5.74, 6) is -0.482. The van der Waals surface area contributed by atoms with E-state index in [0.717, 1.165) is 24.4 Å². The van der Waals surface area contributed by atoms with E-state index in [-0.39, 0.29) is 34.4 Å². The third-order valence-corrected chi connectivity index (χ3v) is 5.84. The van der Waals surface area contributed by atoms with Gasteiger partial charge in [-0.2, -0.15) is 13.2 Å². The Morgan fingerprint density at radius 1 is 1.12 bits per heavy atom. The number of hydrogen-bond donors (Lipinski definition) is 2. The second kappa shape index (κ2) is 10.3. The number of amides is 2. The SMILES string of the molecule is COC(=O)C(N)Cc1ccc(Oc2ccc(CC3SC(=O)NC3=O)cc2)cc1CC(F)(F)F. The number of nitrogens with one attached hydrogen (secondary N) is 1. The van der Waals surface area contributed by atoms with Gasteiger partial charge in [0.25, 0.3) is 5.24 Å². The number of hydrogen-bond acceptors (Lipinski definition) is 7. The van der Waals surface area contributed by atoms with Gasteiger partial charge in [-0.05, 0) is 53.8 Å². The van der Waals surface area contributed by atoms with Crippen LogP contribution in [0, 0.1) is 0 Å². The number of carbonyl (C=O) groups excluding carboxylic acids is 3. The van der Waals surface area contributed by atoms with Gasteiger partial charge in [-0.25, -0.2) is 0 Å². The van der Waals surface area contributed by atoms with Gasteiger partial charge in [-0.3, -0.25) is 19.7 Å². The smallest absolute Gasteiger partial charge is 0.393 e. The van der Waals surface area contributed by atoms with Gasteiger partial charge in [-0.1, -0.05) is 30.0 Å². The van der Waals surface area contributed by atoms with Crippen molar-refractivity contribution in [3.05, 3.63) is 59.2 Å². The van der Waals surface area contributed by atoms with Crippen LogP contribution in [0.2, 0.25) is 0 Å². The number of rotatable bonds is 8. The average molecular weight is 482 g/mol. The van der Waals surface area contributed by atoms with E-state index in [4.69, 9.17) is 10.5 Å². The number of benzene rings is 2. The number of alkyl halides is 3. The topological polar surface area (TPSA) is 108 Å². The van der Waals surface area contributed by atoms with Crippen LogP contribution in [0.5, 0.6) is 11.5 Å². The Hall–Kier alpha value is -3.05. The zero-order valence-electron chi connectivity index (χ0n) is 17.5.